The molecule has 0 aliphatic heterocycles. The number of ether oxygens (including phenoxy) is 3. The van der Waals surface area contributed by atoms with E-state index in [2.05, 4.69) is 32.0 Å². The van der Waals surface area contributed by atoms with Crippen LogP contribution in [0.1, 0.15) is 76.8 Å². The number of carbonyl (C=O) groups excluding carboxylic acids is 1. The molecule has 0 fully saturated rings. The van der Waals surface area contributed by atoms with Gasteiger partial charge in [0.05, 0.1) is 0 Å². The van der Waals surface area contributed by atoms with Crippen LogP contribution in [0.4, 0.5) is 0 Å². The third-order valence-electron chi connectivity index (χ3n) is 5.40. The molecular formula is C28H40O4. The summed E-state index contributed by atoms with van der Waals surface area (Å²) >= 11 is 0. The van der Waals surface area contributed by atoms with Crippen molar-refractivity contribution < 1.29 is 19.0 Å². The van der Waals surface area contributed by atoms with Gasteiger partial charge in [0, 0.05) is 6.61 Å². The second-order valence-electron chi connectivity index (χ2n) is 9.12. The first-order chi connectivity index (χ1) is 15.4. The standard InChI is InChI=1S/C28H40O4/c1-5-6-9-19-28(3,4)32-27(29)22-30-20-10-7-8-13-24-15-17-25(18-16-24)31-26-14-11-12-23(2)21-26/h11-12,14-18,21H,5-10,13,19-20,22H2,1-4H3. The van der Waals surface area contributed by atoms with Gasteiger partial charge in [-0.3, -0.25) is 0 Å². The molecule has 0 unspecified atom stereocenters. The van der Waals surface area contributed by atoms with E-state index in [4.69, 9.17) is 14.2 Å². The van der Waals surface area contributed by atoms with Crippen LogP contribution < -0.4 is 4.74 Å². The van der Waals surface area contributed by atoms with Crippen molar-refractivity contribution >= 4 is 5.97 Å². The van der Waals surface area contributed by atoms with Gasteiger partial charge in [0.15, 0.2) is 0 Å². The van der Waals surface area contributed by atoms with Gasteiger partial charge in [-0.25, -0.2) is 4.79 Å². The number of hydrogen-bond acceptors (Lipinski definition) is 4. The lowest BCUT2D eigenvalue weighted by atomic mass is 10.0. The van der Waals surface area contributed by atoms with E-state index in [0.717, 1.165) is 50.0 Å². The van der Waals surface area contributed by atoms with Crippen molar-refractivity contribution in [3.63, 3.8) is 0 Å². The Labute approximate surface area is 194 Å². The molecule has 0 radical (unpaired) electrons. The molecule has 0 atom stereocenters. The average Bonchev–Trinajstić information content (AvgIpc) is 2.74. The quantitative estimate of drug-likeness (QED) is 0.213. The Morgan fingerprint density at radius 2 is 1.69 bits per heavy atom. The van der Waals surface area contributed by atoms with Crippen molar-refractivity contribution in [1.29, 1.82) is 0 Å². The highest BCUT2D eigenvalue weighted by molar-refractivity contribution is 5.71. The minimum atomic E-state index is -0.407. The van der Waals surface area contributed by atoms with Crippen molar-refractivity contribution in [1.82, 2.24) is 0 Å². The summed E-state index contributed by atoms with van der Waals surface area (Å²) in [6.45, 7) is 8.81. The molecule has 0 heterocycles. The first-order valence-electron chi connectivity index (χ1n) is 12.0. The summed E-state index contributed by atoms with van der Waals surface area (Å²) in [5, 5.41) is 0. The summed E-state index contributed by atoms with van der Waals surface area (Å²) in [6, 6.07) is 16.4. The van der Waals surface area contributed by atoms with Crippen LogP contribution in [-0.2, 0) is 20.7 Å². The molecule has 4 heteroatoms. The molecule has 2 aromatic rings. The van der Waals surface area contributed by atoms with E-state index in [-0.39, 0.29) is 12.6 Å². The molecule has 176 valence electrons. The van der Waals surface area contributed by atoms with E-state index >= 15 is 0 Å². The summed E-state index contributed by atoms with van der Waals surface area (Å²) in [7, 11) is 0. The number of carbonyl (C=O) groups is 1. The van der Waals surface area contributed by atoms with E-state index in [1.807, 2.05) is 44.2 Å². The van der Waals surface area contributed by atoms with E-state index in [1.165, 1.54) is 24.0 Å². The Morgan fingerprint density at radius 3 is 2.41 bits per heavy atom. The fraction of sp³-hybridized carbons (Fsp3) is 0.536. The maximum atomic E-state index is 12.0. The Kier molecular flexibility index (Phi) is 11.3. The molecule has 4 nitrogen and oxygen atoms in total. The summed E-state index contributed by atoms with van der Waals surface area (Å²) < 4.78 is 17.0. The Morgan fingerprint density at radius 1 is 0.906 bits per heavy atom. The molecule has 2 aromatic carbocycles. The van der Waals surface area contributed by atoms with Crippen molar-refractivity contribution in [2.45, 2.75) is 84.7 Å². The lowest BCUT2D eigenvalue weighted by molar-refractivity contribution is -0.162. The van der Waals surface area contributed by atoms with Crippen molar-refractivity contribution in [3.05, 3.63) is 59.7 Å². The van der Waals surface area contributed by atoms with E-state index in [0.29, 0.717) is 6.61 Å². The smallest absolute Gasteiger partial charge is 0.332 e. The molecule has 0 aliphatic rings. The van der Waals surface area contributed by atoms with Crippen LogP contribution in [0.15, 0.2) is 48.5 Å². The van der Waals surface area contributed by atoms with E-state index in [1.54, 1.807) is 0 Å². The van der Waals surface area contributed by atoms with E-state index < -0.39 is 5.60 Å². The highest BCUT2D eigenvalue weighted by atomic mass is 16.6. The topological polar surface area (TPSA) is 44.8 Å². The Hall–Kier alpha value is -2.33. The molecular weight excluding hydrogens is 400 g/mol. The fourth-order valence-electron chi connectivity index (χ4n) is 3.59. The van der Waals surface area contributed by atoms with Gasteiger partial charge in [-0.15, -0.1) is 0 Å². The van der Waals surface area contributed by atoms with Gasteiger partial charge in [0.2, 0.25) is 0 Å². The van der Waals surface area contributed by atoms with Gasteiger partial charge >= 0.3 is 5.97 Å². The minimum absolute atomic E-state index is 0.0413. The minimum Gasteiger partial charge on any atom is -0.458 e. The average molecular weight is 441 g/mol. The molecule has 0 N–H and O–H groups in total. The van der Waals surface area contributed by atoms with Crippen LogP contribution in [0.3, 0.4) is 0 Å². The second kappa shape index (κ2) is 13.9. The SMILES string of the molecule is CCCCCC(C)(C)OC(=O)COCCCCCc1ccc(Oc2cccc(C)c2)cc1. The molecule has 0 spiro atoms. The number of aryl methyl sites for hydroxylation is 2. The molecule has 32 heavy (non-hydrogen) atoms. The predicted molar refractivity (Wildman–Crippen MR) is 130 cm³/mol. The van der Waals surface area contributed by atoms with Crippen LogP contribution in [0.25, 0.3) is 0 Å². The highest BCUT2D eigenvalue weighted by Gasteiger charge is 2.22. The summed E-state index contributed by atoms with van der Waals surface area (Å²) in [5.74, 6) is 1.45. The zero-order valence-corrected chi connectivity index (χ0v) is 20.3. The Bertz CT molecular complexity index is 795. The molecule has 0 saturated carbocycles. The van der Waals surface area contributed by atoms with Crippen LogP contribution in [0.5, 0.6) is 11.5 Å². The van der Waals surface area contributed by atoms with Gasteiger partial charge in [-0.05, 0) is 88.3 Å². The van der Waals surface area contributed by atoms with Gasteiger partial charge in [0.1, 0.15) is 23.7 Å². The zero-order chi connectivity index (χ0) is 23.2. The largest absolute Gasteiger partial charge is 0.458 e. The number of esters is 1. The van der Waals surface area contributed by atoms with Crippen LogP contribution >= 0.6 is 0 Å². The molecule has 0 aliphatic carbocycles. The normalized spacial score (nSPS) is 11.4. The Balaban J connectivity index is 1.55. The second-order valence-corrected chi connectivity index (χ2v) is 9.12. The van der Waals surface area contributed by atoms with Gasteiger partial charge in [-0.2, -0.15) is 0 Å². The van der Waals surface area contributed by atoms with Gasteiger partial charge in [-0.1, -0.05) is 50.5 Å². The maximum absolute atomic E-state index is 12.0. The third kappa shape index (κ3) is 10.8. The fourth-order valence-corrected chi connectivity index (χ4v) is 3.59. The summed E-state index contributed by atoms with van der Waals surface area (Å²) in [4.78, 5) is 12.0. The lowest BCUT2D eigenvalue weighted by Gasteiger charge is -2.25. The van der Waals surface area contributed by atoms with Gasteiger partial charge in [0.25, 0.3) is 0 Å². The third-order valence-corrected chi connectivity index (χ3v) is 5.40. The van der Waals surface area contributed by atoms with Crippen LogP contribution in [-0.4, -0.2) is 24.8 Å². The predicted octanol–water partition coefficient (Wildman–Crippen LogP) is 7.42. The van der Waals surface area contributed by atoms with Crippen LogP contribution in [0, 0.1) is 6.92 Å². The number of hydrogen-bond donors (Lipinski definition) is 0. The van der Waals surface area contributed by atoms with Crippen molar-refractivity contribution in [2.75, 3.05) is 13.2 Å². The summed E-state index contributed by atoms with van der Waals surface area (Å²) in [6.07, 6.45) is 8.45. The number of rotatable bonds is 15. The molecule has 0 bridgehead atoms. The molecule has 0 saturated heterocycles. The lowest BCUT2D eigenvalue weighted by Crippen LogP contribution is -2.30. The van der Waals surface area contributed by atoms with Crippen molar-refractivity contribution in [3.8, 4) is 11.5 Å². The van der Waals surface area contributed by atoms with Crippen molar-refractivity contribution in [2.24, 2.45) is 0 Å². The molecule has 0 aromatic heterocycles. The summed E-state index contributed by atoms with van der Waals surface area (Å²) in [5.41, 5.74) is 2.08. The number of benzene rings is 2. The van der Waals surface area contributed by atoms with E-state index in [9.17, 15) is 4.79 Å². The molecule has 0 amide bonds. The first kappa shape index (κ1) is 25.9. The zero-order valence-electron chi connectivity index (χ0n) is 20.3. The molecule has 2 rings (SSSR count). The van der Waals surface area contributed by atoms with Gasteiger partial charge < -0.3 is 14.2 Å². The monoisotopic (exact) mass is 440 g/mol. The van der Waals surface area contributed by atoms with Crippen LogP contribution in [0.2, 0.25) is 0 Å². The highest BCUT2D eigenvalue weighted by Crippen LogP contribution is 2.23. The maximum Gasteiger partial charge on any atom is 0.332 e. The first-order valence-corrected chi connectivity index (χ1v) is 12.0. The number of unbranched alkanes of at least 4 members (excludes halogenated alkanes) is 4.